The fourth-order valence-corrected chi connectivity index (χ4v) is 7.81. The second-order valence-electron chi connectivity index (χ2n) is 13.9. The number of imidazole rings is 1. The van der Waals surface area contributed by atoms with Crippen LogP contribution in [0.5, 0.6) is 11.5 Å². The summed E-state index contributed by atoms with van der Waals surface area (Å²) in [6.07, 6.45) is 1.56. The van der Waals surface area contributed by atoms with Gasteiger partial charge in [-0.15, -0.1) is 0 Å². The lowest BCUT2D eigenvalue weighted by Crippen LogP contribution is -2.44. The van der Waals surface area contributed by atoms with E-state index in [2.05, 4.69) is 10.2 Å². The summed E-state index contributed by atoms with van der Waals surface area (Å²) in [5, 5.41) is 23.3. The van der Waals surface area contributed by atoms with Crippen molar-refractivity contribution in [3.05, 3.63) is 97.8 Å². The zero-order valence-corrected chi connectivity index (χ0v) is 30.9. The Hall–Kier alpha value is -3.71. The summed E-state index contributed by atoms with van der Waals surface area (Å²) in [6, 6.07) is 12.9. The molecule has 0 bridgehead atoms. The van der Waals surface area contributed by atoms with Gasteiger partial charge in [0, 0.05) is 61.0 Å². The van der Waals surface area contributed by atoms with E-state index in [-0.39, 0.29) is 53.7 Å². The van der Waals surface area contributed by atoms with Crippen molar-refractivity contribution < 1.29 is 28.9 Å². The zero-order valence-electron chi connectivity index (χ0n) is 29.4. The molecule has 13 heteroatoms. The van der Waals surface area contributed by atoms with Gasteiger partial charge in [0.25, 0.3) is 5.91 Å². The van der Waals surface area contributed by atoms with Crippen LogP contribution in [0, 0.1) is 5.82 Å². The lowest BCUT2D eigenvalue weighted by atomic mass is 9.90. The van der Waals surface area contributed by atoms with E-state index in [1.54, 1.807) is 17.7 Å². The topological polar surface area (TPSA) is 135 Å². The van der Waals surface area contributed by atoms with Crippen molar-refractivity contribution in [1.29, 1.82) is 0 Å². The highest BCUT2D eigenvalue weighted by Crippen LogP contribution is 2.47. The highest BCUT2D eigenvalue weighted by atomic mass is 35.5. The molecule has 1 aliphatic heterocycles. The van der Waals surface area contributed by atoms with Gasteiger partial charge >= 0.3 is 0 Å². The fourth-order valence-electron chi connectivity index (χ4n) is 7.26. The predicted molar refractivity (Wildman–Crippen MR) is 195 cm³/mol. The van der Waals surface area contributed by atoms with Crippen LogP contribution in [-0.2, 0) is 26.4 Å². The molecule has 0 saturated carbocycles. The molecule has 0 spiro atoms. The van der Waals surface area contributed by atoms with E-state index in [1.807, 2.05) is 57.2 Å². The van der Waals surface area contributed by atoms with Gasteiger partial charge in [0.1, 0.15) is 22.6 Å². The first-order valence-corrected chi connectivity index (χ1v) is 17.8. The minimum absolute atomic E-state index is 0.0620. The number of benzene rings is 3. The number of hydrogen-bond acceptors (Lipinski definition) is 8. The quantitative estimate of drug-likeness (QED) is 0.141. The molecule has 0 radical (unpaired) electrons. The maximum absolute atomic E-state index is 15.7. The molecule has 272 valence electrons. The van der Waals surface area contributed by atoms with Crippen LogP contribution in [0.4, 0.5) is 4.39 Å². The van der Waals surface area contributed by atoms with Crippen molar-refractivity contribution in [1.82, 2.24) is 19.8 Å². The molecule has 0 saturated heterocycles. The number of amides is 1. The number of ether oxygens (including phenoxy) is 2. The molecule has 1 amide bonds. The lowest BCUT2D eigenvalue weighted by molar-refractivity contribution is 0.0983. The molecule has 1 aromatic heterocycles. The van der Waals surface area contributed by atoms with E-state index < -0.39 is 29.4 Å². The molecule has 3 atom stereocenters. The summed E-state index contributed by atoms with van der Waals surface area (Å²) in [7, 11) is 3.26. The molecule has 1 aliphatic carbocycles. The third-order valence-corrected chi connectivity index (χ3v) is 11.0. The first-order valence-electron chi connectivity index (χ1n) is 17.0. The Morgan fingerprint density at radius 3 is 2.49 bits per heavy atom. The number of carbonyl (C=O) groups is 1. The SMILES string of the molecule is COc1cc(OC2CCc3c(-c4cccc(C5c6nc(C(N)=O)n(C)c6CCN5C(C)CO)c4Cl)cccc32)c(Cl)c(F)c1CNC(C)(C)CO. The molecule has 3 aromatic carbocycles. The number of carbonyl (C=O) groups excluding carboxylic acids is 1. The average molecular weight is 741 g/mol. The van der Waals surface area contributed by atoms with Gasteiger partial charge in [0.05, 0.1) is 37.1 Å². The van der Waals surface area contributed by atoms with E-state index in [1.165, 1.54) is 7.11 Å². The van der Waals surface area contributed by atoms with Crippen molar-refractivity contribution in [3.63, 3.8) is 0 Å². The molecule has 5 N–H and O–H groups in total. The van der Waals surface area contributed by atoms with Gasteiger partial charge in [0.15, 0.2) is 11.6 Å². The van der Waals surface area contributed by atoms with Gasteiger partial charge < -0.3 is 35.3 Å². The molecule has 2 aliphatic rings. The van der Waals surface area contributed by atoms with Gasteiger partial charge in [0.2, 0.25) is 0 Å². The highest BCUT2D eigenvalue weighted by molar-refractivity contribution is 6.34. The Balaban J connectivity index is 1.35. The van der Waals surface area contributed by atoms with Gasteiger partial charge in [-0.1, -0.05) is 59.6 Å². The van der Waals surface area contributed by atoms with Gasteiger partial charge in [-0.2, -0.15) is 0 Å². The minimum Gasteiger partial charge on any atom is -0.496 e. The maximum atomic E-state index is 15.7. The first-order chi connectivity index (χ1) is 24.3. The monoisotopic (exact) mass is 739 g/mol. The molecule has 4 aromatic rings. The fraction of sp³-hybridized carbons (Fsp3) is 0.421. The van der Waals surface area contributed by atoms with Crippen LogP contribution in [0.2, 0.25) is 10.0 Å². The molecule has 6 rings (SSSR count). The molecule has 0 fully saturated rings. The van der Waals surface area contributed by atoms with Crippen molar-refractivity contribution in [3.8, 4) is 22.6 Å². The summed E-state index contributed by atoms with van der Waals surface area (Å²) in [4.78, 5) is 19.1. The van der Waals surface area contributed by atoms with Crippen molar-refractivity contribution in [2.75, 3.05) is 26.9 Å². The number of nitrogens with one attached hydrogen (secondary N) is 1. The van der Waals surface area contributed by atoms with E-state index in [9.17, 15) is 15.0 Å². The van der Waals surface area contributed by atoms with E-state index >= 15 is 4.39 Å². The molecule has 10 nitrogen and oxygen atoms in total. The number of nitrogens with zero attached hydrogens (tertiary/aromatic N) is 3. The summed E-state index contributed by atoms with van der Waals surface area (Å²) < 4.78 is 29.4. The lowest BCUT2D eigenvalue weighted by Gasteiger charge is -2.39. The Labute approximate surface area is 307 Å². The minimum atomic E-state index is -0.644. The summed E-state index contributed by atoms with van der Waals surface area (Å²) in [5.41, 5.74) is 11.5. The number of rotatable bonds is 12. The summed E-state index contributed by atoms with van der Waals surface area (Å²) >= 11 is 13.9. The van der Waals surface area contributed by atoms with Crippen molar-refractivity contribution in [2.24, 2.45) is 12.8 Å². The van der Waals surface area contributed by atoms with E-state index in [4.69, 9.17) is 43.4 Å². The number of aliphatic hydroxyl groups is 2. The number of methoxy groups -OCH3 is 1. The zero-order chi connectivity index (χ0) is 36.8. The van der Waals surface area contributed by atoms with Crippen LogP contribution in [0.1, 0.15) is 83.6 Å². The highest BCUT2D eigenvalue weighted by Gasteiger charge is 2.38. The Bertz CT molecular complexity index is 1970. The second-order valence-corrected chi connectivity index (χ2v) is 14.7. The van der Waals surface area contributed by atoms with Crippen molar-refractivity contribution >= 4 is 29.1 Å². The second kappa shape index (κ2) is 14.7. The molecular formula is C38H44Cl2FN5O5. The average Bonchev–Trinajstić information content (AvgIpc) is 3.69. The maximum Gasteiger partial charge on any atom is 0.284 e. The predicted octanol–water partition coefficient (Wildman–Crippen LogP) is 5.90. The Morgan fingerprint density at radius 2 is 1.82 bits per heavy atom. The normalized spacial score (nSPS) is 18.0. The third kappa shape index (κ3) is 6.83. The van der Waals surface area contributed by atoms with Crippen LogP contribution in [0.25, 0.3) is 11.1 Å². The van der Waals surface area contributed by atoms with Crippen LogP contribution in [0.3, 0.4) is 0 Å². The standard InChI is InChI=1S/C38H44Cl2FN5O5/c1-20(18-47)46-15-14-27-34(44-37(36(42)49)45(27)4)35(46)25-11-7-10-24(31(25)39)21-8-6-9-23-22(21)12-13-28(23)51-30-16-29(50-5)26(33(41)32(30)40)17-43-38(2,3)19-48/h6-11,16,20,28,35,43,47-48H,12-15,17-19H2,1-5H3,(H2,42,49). The third-order valence-electron chi connectivity index (χ3n) is 10.2. The van der Waals surface area contributed by atoms with E-state index in [0.717, 1.165) is 33.5 Å². The van der Waals surface area contributed by atoms with Crippen molar-refractivity contribution in [2.45, 2.75) is 70.3 Å². The van der Waals surface area contributed by atoms with Gasteiger partial charge in [-0.25, -0.2) is 9.37 Å². The number of halogens is 3. The first kappa shape index (κ1) is 37.1. The molecule has 3 unspecified atom stereocenters. The molecule has 51 heavy (non-hydrogen) atoms. The van der Waals surface area contributed by atoms with E-state index in [0.29, 0.717) is 36.5 Å². The number of nitrogens with two attached hydrogens (primary N) is 1. The smallest absolute Gasteiger partial charge is 0.284 e. The largest absolute Gasteiger partial charge is 0.496 e. The van der Waals surface area contributed by atoms with Crippen LogP contribution in [0.15, 0.2) is 42.5 Å². The van der Waals surface area contributed by atoms with Crippen LogP contribution in [-0.4, -0.2) is 69.0 Å². The Kier molecular flexibility index (Phi) is 10.7. The van der Waals surface area contributed by atoms with Crippen LogP contribution < -0.4 is 20.5 Å². The van der Waals surface area contributed by atoms with Gasteiger partial charge in [-0.05, 0) is 55.9 Å². The number of hydrogen-bond donors (Lipinski definition) is 4. The number of aliphatic hydroxyl groups excluding tert-OH is 2. The number of aromatic nitrogens is 2. The van der Waals surface area contributed by atoms with Crippen LogP contribution >= 0.6 is 23.2 Å². The Morgan fingerprint density at radius 1 is 1.12 bits per heavy atom. The summed E-state index contributed by atoms with van der Waals surface area (Å²) in [5.74, 6) is -0.612. The molecular weight excluding hydrogens is 696 g/mol. The molecule has 2 heterocycles. The number of fused-ring (bicyclic) bond motifs is 2. The number of primary amides is 1. The van der Waals surface area contributed by atoms with Gasteiger partial charge in [-0.3, -0.25) is 9.69 Å². The summed E-state index contributed by atoms with van der Waals surface area (Å²) in [6.45, 7) is 6.11.